The van der Waals surface area contributed by atoms with Crippen LogP contribution in [0.2, 0.25) is 5.02 Å². The lowest BCUT2D eigenvalue weighted by molar-refractivity contribution is -0.151. The summed E-state index contributed by atoms with van der Waals surface area (Å²) in [5.41, 5.74) is 0.689. The van der Waals surface area contributed by atoms with Gasteiger partial charge in [-0.25, -0.2) is 9.97 Å². The second-order valence-electron chi connectivity index (χ2n) is 7.76. The molecule has 176 valence electrons. The molecule has 2 N–H and O–H groups in total. The van der Waals surface area contributed by atoms with Gasteiger partial charge in [-0.1, -0.05) is 31.5 Å². The van der Waals surface area contributed by atoms with Gasteiger partial charge in [0.25, 0.3) is 0 Å². The van der Waals surface area contributed by atoms with E-state index >= 15 is 0 Å². The number of H-pyrrole nitrogens is 1. The highest BCUT2D eigenvalue weighted by Gasteiger charge is 2.36. The van der Waals surface area contributed by atoms with E-state index in [0.717, 1.165) is 17.3 Å². The predicted molar refractivity (Wildman–Crippen MR) is 118 cm³/mol. The van der Waals surface area contributed by atoms with Gasteiger partial charge in [-0.2, -0.15) is 13.2 Å². The molecule has 0 aliphatic rings. The second kappa shape index (κ2) is 9.43. The molecule has 2 heterocycles. The lowest BCUT2D eigenvalue weighted by Crippen LogP contribution is -2.36. The Kier molecular flexibility index (Phi) is 7.02. The van der Waals surface area contributed by atoms with Crippen LogP contribution in [0.15, 0.2) is 36.7 Å². The van der Waals surface area contributed by atoms with Crippen molar-refractivity contribution in [3.8, 4) is 28.4 Å². The average molecular weight is 482 g/mol. The number of aliphatic carboxylic acids is 1. The molecule has 0 unspecified atom stereocenters. The molecule has 0 bridgehead atoms. The lowest BCUT2D eigenvalue weighted by Gasteiger charge is -2.26. The van der Waals surface area contributed by atoms with Crippen LogP contribution in [0.3, 0.4) is 0 Å². The van der Waals surface area contributed by atoms with E-state index in [1.165, 1.54) is 0 Å². The quantitative estimate of drug-likeness (QED) is 0.389. The molecule has 0 fully saturated rings. The SMILES string of the molecule is CCC(CC)(COc1cc(C)c(-c2ccc(-c3ncc(C(F)(F)F)[nH]3)c(Cl)c2)cn1)C(=O)O. The van der Waals surface area contributed by atoms with Crippen LogP contribution >= 0.6 is 11.6 Å². The highest BCUT2D eigenvalue weighted by Crippen LogP contribution is 2.35. The summed E-state index contributed by atoms with van der Waals surface area (Å²) in [7, 11) is 0. The number of benzene rings is 1. The van der Waals surface area contributed by atoms with Crippen LogP contribution in [0.4, 0.5) is 13.2 Å². The first-order valence-corrected chi connectivity index (χ1v) is 10.6. The standard InChI is InChI=1S/C23H23ClF3N3O3/c1-4-22(5-2,21(31)32)12-33-19-8-13(3)16(10-28-19)14-6-7-15(17(24)9-14)20-29-11-18(30-20)23(25,26)27/h6-11H,4-5,12H2,1-3H3,(H,29,30)(H,31,32). The van der Waals surface area contributed by atoms with E-state index in [1.807, 2.05) is 20.8 Å². The number of aryl methyl sites for hydroxylation is 1. The van der Waals surface area contributed by atoms with Gasteiger partial charge in [0.15, 0.2) is 0 Å². The van der Waals surface area contributed by atoms with Gasteiger partial charge in [-0.05, 0) is 43.0 Å². The van der Waals surface area contributed by atoms with Crippen molar-refractivity contribution in [1.82, 2.24) is 15.0 Å². The number of carboxylic acid groups (broad SMARTS) is 1. The van der Waals surface area contributed by atoms with E-state index in [4.69, 9.17) is 16.3 Å². The topological polar surface area (TPSA) is 88.1 Å². The molecule has 2 aromatic heterocycles. The molecule has 0 amide bonds. The molecule has 0 saturated heterocycles. The van der Waals surface area contributed by atoms with Crippen molar-refractivity contribution in [1.29, 1.82) is 0 Å². The summed E-state index contributed by atoms with van der Waals surface area (Å²) in [6.45, 7) is 5.47. The van der Waals surface area contributed by atoms with E-state index in [1.54, 1.807) is 30.5 Å². The fraction of sp³-hybridized carbons (Fsp3) is 0.348. The third-order valence-corrected chi connectivity index (χ3v) is 6.12. The minimum atomic E-state index is -4.53. The maximum absolute atomic E-state index is 12.8. The molecule has 3 aromatic rings. The lowest BCUT2D eigenvalue weighted by atomic mass is 9.83. The van der Waals surface area contributed by atoms with Gasteiger partial charge in [-0.15, -0.1) is 0 Å². The number of rotatable bonds is 8. The zero-order valence-corrected chi connectivity index (χ0v) is 19.0. The number of carboxylic acids is 1. The first-order valence-electron chi connectivity index (χ1n) is 10.3. The number of imidazole rings is 1. The van der Waals surface area contributed by atoms with Gasteiger partial charge >= 0.3 is 12.1 Å². The van der Waals surface area contributed by atoms with Crippen LogP contribution in [0.1, 0.15) is 37.9 Å². The smallest absolute Gasteiger partial charge is 0.432 e. The number of aromatic nitrogens is 3. The number of halogens is 4. The third kappa shape index (κ3) is 5.13. The van der Waals surface area contributed by atoms with Crippen LogP contribution < -0.4 is 4.74 Å². The normalized spacial score (nSPS) is 12.1. The highest BCUT2D eigenvalue weighted by molar-refractivity contribution is 6.33. The van der Waals surface area contributed by atoms with E-state index in [9.17, 15) is 23.1 Å². The number of alkyl halides is 3. The summed E-state index contributed by atoms with van der Waals surface area (Å²) in [5.74, 6) is -0.581. The van der Waals surface area contributed by atoms with Gasteiger partial charge in [0.2, 0.25) is 5.88 Å². The largest absolute Gasteiger partial charge is 0.481 e. The molecule has 33 heavy (non-hydrogen) atoms. The zero-order chi connectivity index (χ0) is 24.4. The Morgan fingerprint density at radius 3 is 2.33 bits per heavy atom. The zero-order valence-electron chi connectivity index (χ0n) is 18.3. The van der Waals surface area contributed by atoms with Crippen molar-refractivity contribution in [3.63, 3.8) is 0 Å². The molecule has 0 spiro atoms. The number of hydrogen-bond acceptors (Lipinski definition) is 4. The minimum Gasteiger partial charge on any atom is -0.481 e. The van der Waals surface area contributed by atoms with Gasteiger partial charge in [0, 0.05) is 23.4 Å². The Bertz CT molecular complexity index is 1160. The van der Waals surface area contributed by atoms with Crippen molar-refractivity contribution in [3.05, 3.63) is 52.9 Å². The number of nitrogens with zero attached hydrogens (tertiary/aromatic N) is 2. The molecule has 0 radical (unpaired) electrons. The molecular weight excluding hydrogens is 459 g/mol. The minimum absolute atomic E-state index is 0.00467. The second-order valence-corrected chi connectivity index (χ2v) is 8.16. The summed E-state index contributed by atoms with van der Waals surface area (Å²) in [6, 6.07) is 6.63. The fourth-order valence-electron chi connectivity index (χ4n) is 3.42. The summed E-state index contributed by atoms with van der Waals surface area (Å²) in [5, 5.41) is 9.77. The molecule has 0 aliphatic carbocycles. The highest BCUT2D eigenvalue weighted by atomic mass is 35.5. The molecule has 0 atom stereocenters. The van der Waals surface area contributed by atoms with E-state index < -0.39 is 23.3 Å². The number of pyridine rings is 1. The number of ether oxygens (including phenoxy) is 1. The van der Waals surface area contributed by atoms with Crippen molar-refractivity contribution < 1.29 is 27.8 Å². The molecular formula is C23H23ClF3N3O3. The Morgan fingerprint density at radius 2 is 1.82 bits per heavy atom. The summed E-state index contributed by atoms with van der Waals surface area (Å²) in [6.07, 6.45) is -1.35. The first kappa shape index (κ1) is 24.6. The predicted octanol–water partition coefficient (Wildman–Crippen LogP) is 6.39. The van der Waals surface area contributed by atoms with Gasteiger partial charge in [-0.3, -0.25) is 4.79 Å². The summed E-state index contributed by atoms with van der Waals surface area (Å²) < 4.78 is 44.2. The molecule has 1 aromatic carbocycles. The average Bonchev–Trinajstić information content (AvgIpc) is 3.25. The molecule has 0 saturated carbocycles. The summed E-state index contributed by atoms with van der Waals surface area (Å²) >= 11 is 6.34. The van der Waals surface area contributed by atoms with Crippen LogP contribution in [0, 0.1) is 12.3 Å². The van der Waals surface area contributed by atoms with E-state index in [-0.39, 0.29) is 17.5 Å². The number of carbonyl (C=O) groups is 1. The van der Waals surface area contributed by atoms with Gasteiger partial charge in [0.05, 0.1) is 11.2 Å². The summed E-state index contributed by atoms with van der Waals surface area (Å²) in [4.78, 5) is 22.0. The Balaban J connectivity index is 1.82. The maximum atomic E-state index is 12.8. The molecule has 3 rings (SSSR count). The first-order chi connectivity index (χ1) is 15.5. The number of hydrogen-bond donors (Lipinski definition) is 2. The van der Waals surface area contributed by atoms with Crippen molar-refractivity contribution in [2.75, 3.05) is 6.61 Å². The van der Waals surface area contributed by atoms with Crippen molar-refractivity contribution in [2.24, 2.45) is 5.41 Å². The van der Waals surface area contributed by atoms with Crippen LogP contribution in [-0.4, -0.2) is 32.6 Å². The Morgan fingerprint density at radius 1 is 1.12 bits per heavy atom. The van der Waals surface area contributed by atoms with Gasteiger partial charge in [0.1, 0.15) is 23.5 Å². The molecule has 10 heteroatoms. The molecule has 0 aliphatic heterocycles. The van der Waals surface area contributed by atoms with Crippen LogP contribution in [-0.2, 0) is 11.0 Å². The van der Waals surface area contributed by atoms with Crippen molar-refractivity contribution >= 4 is 17.6 Å². The Hall–Kier alpha value is -3.07. The fourth-order valence-corrected chi connectivity index (χ4v) is 3.69. The van der Waals surface area contributed by atoms with Crippen LogP contribution in [0.5, 0.6) is 5.88 Å². The van der Waals surface area contributed by atoms with Gasteiger partial charge < -0.3 is 14.8 Å². The van der Waals surface area contributed by atoms with E-state index in [0.29, 0.717) is 29.8 Å². The monoisotopic (exact) mass is 481 g/mol. The van der Waals surface area contributed by atoms with E-state index in [2.05, 4.69) is 15.0 Å². The third-order valence-electron chi connectivity index (χ3n) is 5.81. The molecule has 6 nitrogen and oxygen atoms in total. The van der Waals surface area contributed by atoms with Crippen LogP contribution in [0.25, 0.3) is 22.5 Å². The number of aromatic amines is 1. The maximum Gasteiger partial charge on any atom is 0.432 e. The van der Waals surface area contributed by atoms with Crippen molar-refractivity contribution in [2.45, 2.75) is 39.8 Å². The number of nitrogens with one attached hydrogen (secondary N) is 1. The Labute approximate surface area is 193 Å².